The second-order valence-corrected chi connectivity index (χ2v) is 5.03. The molecule has 1 aliphatic rings. The highest BCUT2D eigenvalue weighted by Gasteiger charge is 2.43. The molecular formula is C15H17NO4. The molecule has 0 aromatic heterocycles. The van der Waals surface area contributed by atoms with Crippen LogP contribution in [-0.2, 0) is 4.79 Å². The minimum atomic E-state index is -1.08. The van der Waals surface area contributed by atoms with E-state index in [2.05, 4.69) is 0 Å². The lowest BCUT2D eigenvalue weighted by Gasteiger charge is -2.30. The highest BCUT2D eigenvalue weighted by molar-refractivity contribution is 6.21. The largest absolute Gasteiger partial charge is 0.481 e. The summed E-state index contributed by atoms with van der Waals surface area (Å²) in [6, 6.07) is 6.57. The van der Waals surface area contributed by atoms with Gasteiger partial charge in [-0.05, 0) is 25.0 Å². The monoisotopic (exact) mass is 275 g/mol. The van der Waals surface area contributed by atoms with Crippen molar-refractivity contribution in [3.8, 4) is 0 Å². The van der Waals surface area contributed by atoms with Crippen LogP contribution in [0.3, 0.4) is 0 Å². The second-order valence-electron chi connectivity index (χ2n) is 5.03. The van der Waals surface area contributed by atoms with Crippen LogP contribution in [0, 0.1) is 5.41 Å². The Kier molecular flexibility index (Phi) is 3.61. The molecule has 0 spiro atoms. The van der Waals surface area contributed by atoms with Gasteiger partial charge < -0.3 is 5.11 Å². The number of aliphatic carboxylic acids is 1. The van der Waals surface area contributed by atoms with Crippen molar-refractivity contribution in [3.05, 3.63) is 35.4 Å². The van der Waals surface area contributed by atoms with Gasteiger partial charge in [0.15, 0.2) is 0 Å². The van der Waals surface area contributed by atoms with Gasteiger partial charge in [-0.15, -0.1) is 0 Å². The van der Waals surface area contributed by atoms with E-state index in [1.807, 2.05) is 0 Å². The molecule has 0 atom stereocenters. The molecule has 2 amide bonds. The Morgan fingerprint density at radius 2 is 1.55 bits per heavy atom. The Bertz CT molecular complexity index is 540. The van der Waals surface area contributed by atoms with Crippen LogP contribution in [0.1, 0.15) is 47.4 Å². The third kappa shape index (κ3) is 1.99. The SMILES string of the molecule is CCC(CC)(CN1C(=O)c2ccccc2C1=O)C(=O)O. The lowest BCUT2D eigenvalue weighted by atomic mass is 9.82. The van der Waals surface area contributed by atoms with Crippen LogP contribution in [0.25, 0.3) is 0 Å². The van der Waals surface area contributed by atoms with Crippen LogP contribution in [0.2, 0.25) is 0 Å². The fraction of sp³-hybridized carbons (Fsp3) is 0.400. The molecule has 5 heteroatoms. The average Bonchev–Trinajstić information content (AvgIpc) is 2.69. The van der Waals surface area contributed by atoms with Crippen LogP contribution in [-0.4, -0.2) is 34.3 Å². The minimum Gasteiger partial charge on any atom is -0.481 e. The molecule has 20 heavy (non-hydrogen) atoms. The molecular weight excluding hydrogens is 258 g/mol. The molecule has 0 radical (unpaired) electrons. The summed E-state index contributed by atoms with van der Waals surface area (Å²) < 4.78 is 0. The number of amides is 2. The lowest BCUT2D eigenvalue weighted by Crippen LogP contribution is -2.45. The van der Waals surface area contributed by atoms with E-state index in [4.69, 9.17) is 0 Å². The fourth-order valence-corrected chi connectivity index (χ4v) is 2.53. The maximum atomic E-state index is 12.3. The van der Waals surface area contributed by atoms with E-state index in [0.29, 0.717) is 24.0 Å². The number of nitrogens with zero attached hydrogens (tertiary/aromatic N) is 1. The van der Waals surface area contributed by atoms with E-state index in [1.54, 1.807) is 38.1 Å². The van der Waals surface area contributed by atoms with Crippen molar-refractivity contribution in [1.82, 2.24) is 4.90 Å². The van der Waals surface area contributed by atoms with Crippen LogP contribution in [0.5, 0.6) is 0 Å². The zero-order valence-corrected chi connectivity index (χ0v) is 11.5. The molecule has 2 rings (SSSR count). The third-order valence-electron chi connectivity index (χ3n) is 4.15. The maximum absolute atomic E-state index is 12.3. The van der Waals surface area contributed by atoms with E-state index in [-0.39, 0.29) is 6.54 Å². The molecule has 1 aromatic rings. The van der Waals surface area contributed by atoms with E-state index >= 15 is 0 Å². The summed E-state index contributed by atoms with van der Waals surface area (Å²) in [5.41, 5.74) is -0.374. The smallest absolute Gasteiger partial charge is 0.311 e. The second kappa shape index (κ2) is 5.07. The molecule has 5 nitrogen and oxygen atoms in total. The van der Waals surface area contributed by atoms with E-state index in [9.17, 15) is 19.5 Å². The van der Waals surface area contributed by atoms with Crippen molar-refractivity contribution in [2.75, 3.05) is 6.54 Å². The molecule has 1 N–H and O–H groups in total. The van der Waals surface area contributed by atoms with Crippen molar-refractivity contribution < 1.29 is 19.5 Å². The molecule has 0 bridgehead atoms. The summed E-state index contributed by atoms with van der Waals surface area (Å²) in [6.07, 6.45) is 0.735. The first-order valence-electron chi connectivity index (χ1n) is 6.65. The molecule has 0 saturated heterocycles. The van der Waals surface area contributed by atoms with Gasteiger partial charge in [0, 0.05) is 6.54 Å². The number of imide groups is 1. The van der Waals surface area contributed by atoms with Gasteiger partial charge >= 0.3 is 5.97 Å². The average molecular weight is 275 g/mol. The van der Waals surface area contributed by atoms with E-state index < -0.39 is 23.2 Å². The Hall–Kier alpha value is -2.17. The van der Waals surface area contributed by atoms with Crippen molar-refractivity contribution >= 4 is 17.8 Å². The number of carbonyl (C=O) groups is 3. The van der Waals surface area contributed by atoms with Crippen LogP contribution < -0.4 is 0 Å². The summed E-state index contributed by atoms with van der Waals surface area (Å²) in [5, 5.41) is 9.42. The predicted molar refractivity (Wildman–Crippen MR) is 72.5 cm³/mol. The van der Waals surface area contributed by atoms with Gasteiger partial charge in [0.1, 0.15) is 0 Å². The molecule has 0 fully saturated rings. The van der Waals surface area contributed by atoms with Gasteiger partial charge in [0.25, 0.3) is 11.8 Å². The van der Waals surface area contributed by atoms with E-state index in [0.717, 1.165) is 4.90 Å². The Balaban J connectivity index is 2.35. The van der Waals surface area contributed by atoms with Crippen LogP contribution in [0.4, 0.5) is 0 Å². The van der Waals surface area contributed by atoms with Crippen LogP contribution >= 0.6 is 0 Å². The number of carbonyl (C=O) groups excluding carboxylic acids is 2. The minimum absolute atomic E-state index is 0.0817. The first-order chi connectivity index (χ1) is 9.46. The lowest BCUT2D eigenvalue weighted by molar-refractivity contribution is -0.149. The topological polar surface area (TPSA) is 74.7 Å². The standard InChI is InChI=1S/C15H17NO4/c1-3-15(4-2,14(19)20)9-16-12(17)10-7-5-6-8-11(10)13(16)18/h5-8H,3-4,9H2,1-2H3,(H,19,20). The zero-order valence-electron chi connectivity index (χ0n) is 11.5. The van der Waals surface area contributed by atoms with Crippen LogP contribution in [0.15, 0.2) is 24.3 Å². The van der Waals surface area contributed by atoms with E-state index in [1.165, 1.54) is 0 Å². The fourth-order valence-electron chi connectivity index (χ4n) is 2.53. The molecule has 106 valence electrons. The molecule has 0 unspecified atom stereocenters. The summed E-state index contributed by atoms with van der Waals surface area (Å²) in [7, 11) is 0. The third-order valence-corrected chi connectivity index (χ3v) is 4.15. The van der Waals surface area contributed by atoms with Gasteiger partial charge in [-0.1, -0.05) is 26.0 Å². The van der Waals surface area contributed by atoms with Gasteiger partial charge in [0.2, 0.25) is 0 Å². The first kappa shape index (κ1) is 14.2. The number of rotatable bonds is 5. The predicted octanol–water partition coefficient (Wildman–Crippen LogP) is 2.17. The number of hydrogen-bond donors (Lipinski definition) is 1. The van der Waals surface area contributed by atoms with Gasteiger partial charge in [-0.2, -0.15) is 0 Å². The Labute approximate surface area is 117 Å². The summed E-state index contributed by atoms with van der Waals surface area (Å²) in [5.74, 6) is -1.78. The molecule has 0 saturated carbocycles. The molecule has 1 aromatic carbocycles. The molecule has 1 heterocycles. The normalized spacial score (nSPS) is 14.6. The number of fused-ring (bicyclic) bond motifs is 1. The van der Waals surface area contributed by atoms with Gasteiger partial charge in [0.05, 0.1) is 16.5 Å². The van der Waals surface area contributed by atoms with Gasteiger partial charge in [-0.25, -0.2) is 0 Å². The Morgan fingerprint density at radius 1 is 1.10 bits per heavy atom. The molecule has 1 aliphatic heterocycles. The number of carboxylic acid groups (broad SMARTS) is 1. The highest BCUT2D eigenvalue weighted by Crippen LogP contribution is 2.32. The quantitative estimate of drug-likeness (QED) is 0.836. The summed E-state index contributed by atoms with van der Waals surface area (Å²) in [6.45, 7) is 3.44. The highest BCUT2D eigenvalue weighted by atomic mass is 16.4. The molecule has 0 aliphatic carbocycles. The first-order valence-corrected chi connectivity index (χ1v) is 6.65. The Morgan fingerprint density at radius 3 is 1.90 bits per heavy atom. The number of carboxylic acids is 1. The zero-order chi connectivity index (χ0) is 14.9. The van der Waals surface area contributed by atoms with Crippen molar-refractivity contribution in [3.63, 3.8) is 0 Å². The summed E-state index contributed by atoms with van der Waals surface area (Å²) >= 11 is 0. The number of benzene rings is 1. The van der Waals surface area contributed by atoms with Crippen molar-refractivity contribution in [1.29, 1.82) is 0 Å². The summed E-state index contributed by atoms with van der Waals surface area (Å²) in [4.78, 5) is 37.1. The number of hydrogen-bond acceptors (Lipinski definition) is 3. The van der Waals surface area contributed by atoms with Crippen molar-refractivity contribution in [2.45, 2.75) is 26.7 Å². The van der Waals surface area contributed by atoms with Crippen molar-refractivity contribution in [2.24, 2.45) is 5.41 Å². The maximum Gasteiger partial charge on any atom is 0.311 e. The van der Waals surface area contributed by atoms with Gasteiger partial charge in [-0.3, -0.25) is 19.3 Å².